The van der Waals surface area contributed by atoms with Crippen LogP contribution in [-0.2, 0) is 7.05 Å². The van der Waals surface area contributed by atoms with Gasteiger partial charge in [-0.3, -0.25) is 4.98 Å². The summed E-state index contributed by atoms with van der Waals surface area (Å²) in [4.78, 5) is 15.2. The van der Waals surface area contributed by atoms with Gasteiger partial charge >= 0.3 is 5.97 Å². The van der Waals surface area contributed by atoms with Gasteiger partial charge in [0, 0.05) is 29.9 Å². The SMILES string of the molecule is Cc1c(-c2ccc(C(=O)O)cn2)c2cccc(Cl)c2n1C. The van der Waals surface area contributed by atoms with Gasteiger partial charge < -0.3 is 9.67 Å². The molecule has 0 radical (unpaired) electrons. The van der Waals surface area contributed by atoms with Crippen LogP contribution in [0.4, 0.5) is 0 Å². The van der Waals surface area contributed by atoms with Gasteiger partial charge in [-0.15, -0.1) is 0 Å². The fourth-order valence-electron chi connectivity index (χ4n) is 2.58. The van der Waals surface area contributed by atoms with E-state index in [4.69, 9.17) is 16.7 Å². The van der Waals surface area contributed by atoms with Gasteiger partial charge in [0.05, 0.1) is 21.8 Å². The molecule has 0 spiro atoms. The van der Waals surface area contributed by atoms with Crippen molar-refractivity contribution < 1.29 is 9.90 Å². The third kappa shape index (κ3) is 2.08. The monoisotopic (exact) mass is 300 g/mol. The molecule has 106 valence electrons. The fraction of sp³-hybridized carbons (Fsp3) is 0.125. The van der Waals surface area contributed by atoms with Crippen molar-refractivity contribution in [1.29, 1.82) is 0 Å². The number of carboxylic acid groups (broad SMARTS) is 1. The number of pyridine rings is 1. The number of aryl methyl sites for hydroxylation is 1. The van der Waals surface area contributed by atoms with Crippen LogP contribution in [0.1, 0.15) is 16.1 Å². The standard InChI is InChI=1S/C16H13ClN2O2/c1-9-14(13-7-6-10(8-18-13)16(20)21)11-4-3-5-12(17)15(11)19(9)2/h3-8H,1-2H3,(H,20,21). The first kappa shape index (κ1) is 13.6. The number of fused-ring (bicyclic) bond motifs is 1. The second-order valence-corrected chi connectivity index (χ2v) is 5.30. The fourth-order valence-corrected chi connectivity index (χ4v) is 2.88. The van der Waals surface area contributed by atoms with E-state index in [-0.39, 0.29) is 5.56 Å². The number of carbonyl (C=O) groups is 1. The molecule has 1 aromatic carbocycles. The maximum atomic E-state index is 10.9. The molecule has 0 atom stereocenters. The van der Waals surface area contributed by atoms with Gasteiger partial charge in [0.25, 0.3) is 0 Å². The zero-order valence-electron chi connectivity index (χ0n) is 11.6. The topological polar surface area (TPSA) is 55.1 Å². The number of rotatable bonds is 2. The van der Waals surface area contributed by atoms with E-state index in [2.05, 4.69) is 4.98 Å². The molecular weight excluding hydrogens is 288 g/mol. The molecule has 0 bridgehead atoms. The minimum atomic E-state index is -0.980. The van der Waals surface area contributed by atoms with E-state index >= 15 is 0 Å². The second kappa shape index (κ2) is 4.90. The van der Waals surface area contributed by atoms with Crippen LogP contribution in [-0.4, -0.2) is 20.6 Å². The van der Waals surface area contributed by atoms with Crippen LogP contribution >= 0.6 is 11.6 Å². The number of carboxylic acids is 1. The Kier molecular flexibility index (Phi) is 3.18. The quantitative estimate of drug-likeness (QED) is 0.781. The smallest absolute Gasteiger partial charge is 0.337 e. The number of hydrogen-bond donors (Lipinski definition) is 1. The molecule has 0 aliphatic heterocycles. The second-order valence-electron chi connectivity index (χ2n) is 4.89. The van der Waals surface area contributed by atoms with Gasteiger partial charge in [-0.05, 0) is 25.1 Å². The highest BCUT2D eigenvalue weighted by molar-refractivity contribution is 6.35. The molecule has 5 heteroatoms. The number of para-hydroxylation sites is 1. The highest BCUT2D eigenvalue weighted by Crippen LogP contribution is 2.36. The largest absolute Gasteiger partial charge is 0.478 e. The molecule has 0 aliphatic carbocycles. The summed E-state index contributed by atoms with van der Waals surface area (Å²) in [5.74, 6) is -0.980. The molecule has 2 aromatic heterocycles. The summed E-state index contributed by atoms with van der Waals surface area (Å²) in [6, 6.07) is 9.04. The minimum absolute atomic E-state index is 0.176. The summed E-state index contributed by atoms with van der Waals surface area (Å²) in [6.07, 6.45) is 1.38. The number of aromatic nitrogens is 2. The average molecular weight is 301 g/mol. The Bertz CT molecular complexity index is 851. The van der Waals surface area contributed by atoms with E-state index in [0.717, 1.165) is 27.9 Å². The van der Waals surface area contributed by atoms with Crippen LogP contribution in [0.5, 0.6) is 0 Å². The zero-order valence-corrected chi connectivity index (χ0v) is 12.3. The number of nitrogens with zero attached hydrogens (tertiary/aromatic N) is 2. The van der Waals surface area contributed by atoms with Crippen molar-refractivity contribution in [3.8, 4) is 11.3 Å². The van der Waals surface area contributed by atoms with E-state index in [9.17, 15) is 4.79 Å². The Morgan fingerprint density at radius 3 is 2.67 bits per heavy atom. The molecule has 0 aliphatic rings. The maximum Gasteiger partial charge on any atom is 0.337 e. The molecule has 0 saturated carbocycles. The molecule has 2 heterocycles. The first-order chi connectivity index (χ1) is 10.0. The Morgan fingerprint density at radius 2 is 2.05 bits per heavy atom. The summed E-state index contributed by atoms with van der Waals surface area (Å²) in [5.41, 5.74) is 3.89. The summed E-state index contributed by atoms with van der Waals surface area (Å²) >= 11 is 6.28. The Labute approximate surface area is 126 Å². The maximum absolute atomic E-state index is 10.9. The third-order valence-corrected chi connectivity index (χ3v) is 4.03. The molecule has 0 fully saturated rings. The Balaban J connectivity index is 2.27. The predicted octanol–water partition coefficient (Wildman–Crippen LogP) is 3.90. The molecule has 0 saturated heterocycles. The predicted molar refractivity (Wildman–Crippen MR) is 82.9 cm³/mol. The van der Waals surface area contributed by atoms with Crippen molar-refractivity contribution in [3.63, 3.8) is 0 Å². The molecule has 1 N–H and O–H groups in total. The number of hydrogen-bond acceptors (Lipinski definition) is 2. The number of halogens is 1. The summed E-state index contributed by atoms with van der Waals surface area (Å²) in [6.45, 7) is 2.00. The molecule has 21 heavy (non-hydrogen) atoms. The van der Waals surface area contributed by atoms with Gasteiger partial charge in [0.2, 0.25) is 0 Å². The van der Waals surface area contributed by atoms with Gasteiger partial charge in [0.15, 0.2) is 0 Å². The number of aromatic carboxylic acids is 1. The van der Waals surface area contributed by atoms with Crippen LogP contribution in [0, 0.1) is 6.92 Å². The van der Waals surface area contributed by atoms with E-state index < -0.39 is 5.97 Å². The van der Waals surface area contributed by atoms with E-state index in [0.29, 0.717) is 5.02 Å². The lowest BCUT2D eigenvalue weighted by molar-refractivity contribution is 0.0696. The van der Waals surface area contributed by atoms with E-state index in [1.165, 1.54) is 6.20 Å². The van der Waals surface area contributed by atoms with Crippen LogP contribution < -0.4 is 0 Å². The molecule has 3 aromatic rings. The Morgan fingerprint density at radius 1 is 1.29 bits per heavy atom. The normalized spacial score (nSPS) is 11.0. The van der Waals surface area contributed by atoms with Gasteiger partial charge in [-0.1, -0.05) is 23.7 Å². The van der Waals surface area contributed by atoms with Crippen LogP contribution in [0.3, 0.4) is 0 Å². The van der Waals surface area contributed by atoms with E-state index in [1.54, 1.807) is 12.1 Å². The van der Waals surface area contributed by atoms with Crippen LogP contribution in [0.25, 0.3) is 22.2 Å². The van der Waals surface area contributed by atoms with E-state index in [1.807, 2.05) is 36.7 Å². The van der Waals surface area contributed by atoms with Crippen molar-refractivity contribution in [3.05, 3.63) is 52.8 Å². The average Bonchev–Trinajstić information content (AvgIpc) is 2.72. The molecule has 0 unspecified atom stereocenters. The van der Waals surface area contributed by atoms with Crippen molar-refractivity contribution >= 4 is 28.5 Å². The molecule has 3 rings (SSSR count). The van der Waals surface area contributed by atoms with Crippen molar-refractivity contribution in [2.75, 3.05) is 0 Å². The lowest BCUT2D eigenvalue weighted by atomic mass is 10.1. The van der Waals surface area contributed by atoms with Gasteiger partial charge in [0.1, 0.15) is 0 Å². The van der Waals surface area contributed by atoms with Crippen molar-refractivity contribution in [2.45, 2.75) is 6.92 Å². The zero-order chi connectivity index (χ0) is 15.1. The summed E-state index contributed by atoms with van der Waals surface area (Å²) in [5, 5.41) is 10.7. The van der Waals surface area contributed by atoms with Crippen LogP contribution in [0.2, 0.25) is 5.02 Å². The lowest BCUT2D eigenvalue weighted by Gasteiger charge is -2.02. The highest BCUT2D eigenvalue weighted by Gasteiger charge is 2.16. The van der Waals surface area contributed by atoms with Gasteiger partial charge in [-0.2, -0.15) is 0 Å². The summed E-state index contributed by atoms with van der Waals surface area (Å²) in [7, 11) is 1.96. The third-order valence-electron chi connectivity index (χ3n) is 3.72. The summed E-state index contributed by atoms with van der Waals surface area (Å²) < 4.78 is 2.03. The molecule has 4 nitrogen and oxygen atoms in total. The first-order valence-electron chi connectivity index (χ1n) is 6.44. The molecule has 0 amide bonds. The molecular formula is C16H13ClN2O2. The number of benzene rings is 1. The Hall–Kier alpha value is -2.33. The highest BCUT2D eigenvalue weighted by atomic mass is 35.5. The van der Waals surface area contributed by atoms with Gasteiger partial charge in [-0.25, -0.2) is 4.79 Å². The first-order valence-corrected chi connectivity index (χ1v) is 6.81. The minimum Gasteiger partial charge on any atom is -0.478 e. The van der Waals surface area contributed by atoms with Crippen LogP contribution in [0.15, 0.2) is 36.5 Å². The lowest BCUT2D eigenvalue weighted by Crippen LogP contribution is -1.97. The van der Waals surface area contributed by atoms with Crippen molar-refractivity contribution in [2.24, 2.45) is 7.05 Å². The van der Waals surface area contributed by atoms with Crippen molar-refractivity contribution in [1.82, 2.24) is 9.55 Å².